The predicted octanol–water partition coefficient (Wildman–Crippen LogP) is -0.792. The Morgan fingerprint density at radius 3 is 2.08 bits per heavy atom. The van der Waals surface area contributed by atoms with E-state index >= 15 is 0 Å². The lowest BCUT2D eigenvalue weighted by Crippen LogP contribution is -2.58. The van der Waals surface area contributed by atoms with Crippen LogP contribution in [0.15, 0.2) is 96.0 Å². The van der Waals surface area contributed by atoms with Gasteiger partial charge in [-0.25, -0.2) is 0 Å². The van der Waals surface area contributed by atoms with Crippen LogP contribution in [-0.2, 0) is 46.4 Å². The SMILES string of the molecule is CN1C(=O)[C@@H](Cc2ccc(O)cc2)NC(=O)CNC(=O)[C@H](Cc2ccc3ccccc3c2)NC(=O)[C@H](CCCN=C(N)N)NC(=O)[C@H]1CCCNC(=O)c1ccc(NC(=O)CNCCNCC(=O)O)cc1. The Kier molecular flexibility index (Phi) is 20.6. The van der Waals surface area contributed by atoms with Gasteiger partial charge in [0.2, 0.25) is 35.4 Å². The number of nitrogens with two attached hydrogens (primary N) is 2. The van der Waals surface area contributed by atoms with Crippen LogP contribution >= 0.6 is 0 Å². The van der Waals surface area contributed by atoms with E-state index in [1.165, 1.54) is 36.2 Å². The lowest BCUT2D eigenvalue weighted by molar-refractivity contribution is -0.142. The Hall–Kier alpha value is -8.11. The average molecular weight is 979 g/mol. The van der Waals surface area contributed by atoms with Gasteiger partial charge >= 0.3 is 5.97 Å². The van der Waals surface area contributed by atoms with E-state index in [1.807, 2.05) is 42.5 Å². The molecular weight excluding hydrogens is 917 g/mol. The number of aliphatic imine (C=N–C) groups is 1. The van der Waals surface area contributed by atoms with Gasteiger partial charge in [-0.3, -0.25) is 43.3 Å². The molecule has 0 radical (unpaired) electrons. The van der Waals surface area contributed by atoms with Crippen molar-refractivity contribution < 1.29 is 48.6 Å². The van der Waals surface area contributed by atoms with E-state index in [1.54, 1.807) is 24.3 Å². The number of carbonyl (C=O) groups excluding carboxylic acids is 7. The number of carboxylic acid groups (broad SMARTS) is 1. The summed E-state index contributed by atoms with van der Waals surface area (Å²) in [6.07, 6.45) is 0.367. The number of likely N-dealkylation sites (N-methyl/N-ethyl adjacent to an activating group) is 1. The molecule has 378 valence electrons. The third kappa shape index (κ3) is 17.7. The lowest BCUT2D eigenvalue weighted by atomic mass is 10.00. The Morgan fingerprint density at radius 2 is 1.38 bits per heavy atom. The van der Waals surface area contributed by atoms with Crippen molar-refractivity contribution in [1.82, 2.24) is 42.1 Å². The van der Waals surface area contributed by atoms with Crippen LogP contribution in [0.2, 0.25) is 0 Å². The lowest BCUT2D eigenvalue weighted by Gasteiger charge is -2.32. The van der Waals surface area contributed by atoms with Gasteiger partial charge < -0.3 is 69.1 Å². The number of carbonyl (C=O) groups is 8. The summed E-state index contributed by atoms with van der Waals surface area (Å²) in [4.78, 5) is 112. The summed E-state index contributed by atoms with van der Waals surface area (Å²) in [7, 11) is 1.39. The van der Waals surface area contributed by atoms with Crippen LogP contribution in [0.25, 0.3) is 10.8 Å². The van der Waals surface area contributed by atoms with E-state index in [0.717, 1.165) is 10.8 Å². The Balaban J connectivity index is 1.34. The molecule has 1 saturated heterocycles. The second-order valence-corrected chi connectivity index (χ2v) is 16.9. The van der Waals surface area contributed by atoms with E-state index in [4.69, 9.17) is 16.6 Å². The number of hydrogen-bond donors (Lipinski definition) is 12. The maximum absolute atomic E-state index is 14.5. The molecule has 4 atom stereocenters. The van der Waals surface area contributed by atoms with Gasteiger partial charge in [0.15, 0.2) is 5.96 Å². The second kappa shape index (κ2) is 27.2. The summed E-state index contributed by atoms with van der Waals surface area (Å²) in [6, 6.07) is 20.5. The van der Waals surface area contributed by atoms with Gasteiger partial charge in [-0.05, 0) is 84.0 Å². The van der Waals surface area contributed by atoms with Crippen molar-refractivity contribution in [3.63, 3.8) is 0 Å². The van der Waals surface area contributed by atoms with Gasteiger partial charge in [-0.1, -0.05) is 54.6 Å². The molecule has 22 nitrogen and oxygen atoms in total. The standard InChI is InChI=1S/C49H62N12O10/c1-61-40(9-5-20-54-44(67)33-14-16-35(17-15-33)57-41(63)27-52-22-23-53-29-43(65)66)47(70)59-37(8-4-21-55-49(50)51)46(69)60-38(26-31-10-13-32-6-2-3-7-34(32)24-31)45(68)56-28-42(64)58-39(48(61)71)25-30-11-18-36(62)19-12-30/h2-3,6-7,10-19,24,37-40,52-53,62H,4-5,8-9,20-23,25-29H2,1H3,(H,54,67)(H,56,68)(H,57,63)(H,58,64)(H,59,70)(H,60,69)(H,65,66)(H4,50,51,55)/t37-,38-,39+,40+/m0/s1. The summed E-state index contributed by atoms with van der Waals surface area (Å²) >= 11 is 0. The Labute approximate surface area is 410 Å². The Morgan fingerprint density at radius 1 is 0.718 bits per heavy atom. The number of nitrogens with zero attached hydrogens (tertiary/aromatic N) is 2. The van der Waals surface area contributed by atoms with Gasteiger partial charge in [0.1, 0.15) is 29.9 Å². The zero-order valence-electron chi connectivity index (χ0n) is 39.4. The van der Waals surface area contributed by atoms with Crippen LogP contribution in [-0.4, -0.2) is 145 Å². The first-order valence-corrected chi connectivity index (χ1v) is 23.1. The number of aliphatic carboxylic acids is 1. The van der Waals surface area contributed by atoms with Gasteiger partial charge in [0.25, 0.3) is 5.91 Å². The molecule has 22 heteroatoms. The van der Waals surface area contributed by atoms with Crippen molar-refractivity contribution in [1.29, 1.82) is 0 Å². The number of hydrogen-bond acceptors (Lipinski definition) is 12. The molecule has 0 aromatic heterocycles. The zero-order valence-corrected chi connectivity index (χ0v) is 39.4. The second-order valence-electron chi connectivity index (χ2n) is 16.9. The normalized spacial score (nSPS) is 17.9. The van der Waals surface area contributed by atoms with Crippen molar-refractivity contribution in [2.45, 2.75) is 62.7 Å². The number of fused-ring (bicyclic) bond motifs is 1. The fourth-order valence-electron chi connectivity index (χ4n) is 7.71. The number of phenolic OH excluding ortho intramolecular Hbond substituents is 1. The molecular formula is C49H62N12O10. The van der Waals surface area contributed by atoms with Crippen molar-refractivity contribution in [2.75, 3.05) is 58.2 Å². The minimum atomic E-state index is -1.26. The van der Waals surface area contributed by atoms with Gasteiger partial charge in [0, 0.05) is 57.3 Å². The molecule has 0 bridgehead atoms. The van der Waals surface area contributed by atoms with Crippen LogP contribution in [0.3, 0.4) is 0 Å². The van der Waals surface area contributed by atoms with Crippen molar-refractivity contribution >= 4 is 69.7 Å². The highest BCUT2D eigenvalue weighted by atomic mass is 16.4. The highest BCUT2D eigenvalue weighted by Gasteiger charge is 2.35. The summed E-state index contributed by atoms with van der Waals surface area (Å²) < 4.78 is 0. The molecule has 0 spiro atoms. The van der Waals surface area contributed by atoms with Gasteiger partial charge in [-0.2, -0.15) is 0 Å². The first-order valence-electron chi connectivity index (χ1n) is 23.1. The Bertz CT molecular complexity index is 2540. The zero-order chi connectivity index (χ0) is 51.3. The number of amides is 7. The van der Waals surface area contributed by atoms with E-state index in [-0.39, 0.29) is 87.9 Å². The van der Waals surface area contributed by atoms with Gasteiger partial charge in [-0.15, -0.1) is 0 Å². The molecule has 0 unspecified atom stereocenters. The number of anilines is 1. The van der Waals surface area contributed by atoms with E-state index in [0.29, 0.717) is 29.9 Å². The highest BCUT2D eigenvalue weighted by Crippen LogP contribution is 2.19. The first kappa shape index (κ1) is 53.8. The maximum atomic E-state index is 14.5. The molecule has 5 rings (SSSR count). The topological polar surface area (TPSA) is 341 Å². The third-order valence-electron chi connectivity index (χ3n) is 11.4. The monoisotopic (exact) mass is 978 g/mol. The van der Waals surface area contributed by atoms with E-state index in [2.05, 4.69) is 47.5 Å². The number of guanidine groups is 1. The smallest absolute Gasteiger partial charge is 0.317 e. The number of aromatic hydroxyl groups is 1. The molecule has 4 aromatic carbocycles. The van der Waals surface area contributed by atoms with Crippen LogP contribution in [0.1, 0.15) is 47.2 Å². The number of phenols is 1. The summed E-state index contributed by atoms with van der Waals surface area (Å²) in [5, 5.41) is 42.5. The van der Waals surface area contributed by atoms with Crippen LogP contribution < -0.4 is 54.0 Å². The number of carboxylic acids is 1. The minimum Gasteiger partial charge on any atom is -0.508 e. The summed E-state index contributed by atoms with van der Waals surface area (Å²) in [5.41, 5.74) is 13.1. The number of benzene rings is 4. The summed E-state index contributed by atoms with van der Waals surface area (Å²) in [5.74, 6) is -5.48. The average Bonchev–Trinajstić information content (AvgIpc) is 3.34. The largest absolute Gasteiger partial charge is 0.508 e. The fraction of sp³-hybridized carbons (Fsp3) is 0.367. The van der Waals surface area contributed by atoms with Crippen molar-refractivity contribution in [3.05, 3.63) is 108 Å². The molecule has 71 heavy (non-hydrogen) atoms. The molecule has 4 aromatic rings. The molecule has 1 fully saturated rings. The quantitative estimate of drug-likeness (QED) is 0.0277. The molecule has 0 aliphatic carbocycles. The number of nitrogens with one attached hydrogen (secondary N) is 8. The van der Waals surface area contributed by atoms with Gasteiger partial charge in [0.05, 0.1) is 19.6 Å². The van der Waals surface area contributed by atoms with Crippen LogP contribution in [0, 0.1) is 0 Å². The molecule has 1 aliphatic rings. The summed E-state index contributed by atoms with van der Waals surface area (Å²) in [6.45, 7) is 0.115. The predicted molar refractivity (Wildman–Crippen MR) is 265 cm³/mol. The van der Waals surface area contributed by atoms with Crippen LogP contribution in [0.4, 0.5) is 5.69 Å². The minimum absolute atomic E-state index is 0.0170. The van der Waals surface area contributed by atoms with E-state index in [9.17, 15) is 43.5 Å². The molecule has 7 amide bonds. The third-order valence-corrected chi connectivity index (χ3v) is 11.4. The molecule has 0 saturated carbocycles. The van der Waals surface area contributed by atoms with E-state index < -0.39 is 72.1 Å². The fourth-order valence-corrected chi connectivity index (χ4v) is 7.71. The van der Waals surface area contributed by atoms with Crippen LogP contribution in [0.5, 0.6) is 5.75 Å². The molecule has 1 heterocycles. The molecule has 1 aliphatic heterocycles. The van der Waals surface area contributed by atoms with Crippen molar-refractivity contribution in [3.8, 4) is 5.75 Å². The highest BCUT2D eigenvalue weighted by molar-refractivity contribution is 5.98. The van der Waals surface area contributed by atoms with Crippen molar-refractivity contribution in [2.24, 2.45) is 16.5 Å². The maximum Gasteiger partial charge on any atom is 0.317 e. The molecule has 14 N–H and O–H groups in total. The first-order chi connectivity index (χ1) is 34.1. The number of rotatable bonds is 21.